The van der Waals surface area contributed by atoms with E-state index in [1.165, 1.54) is 18.5 Å². The van der Waals surface area contributed by atoms with Gasteiger partial charge in [0.15, 0.2) is 0 Å². The van der Waals surface area contributed by atoms with Crippen molar-refractivity contribution in [2.24, 2.45) is 13.0 Å². The highest BCUT2D eigenvalue weighted by atomic mass is 16.5. The molecule has 2 amide bonds. The maximum absolute atomic E-state index is 12.2. The SMILES string of the molecule is CN(C)C(=O)N1Cc2ncn(C)c2[C@H](COCC2CC2)C1. The molecule has 0 radical (unpaired) electrons. The monoisotopic (exact) mass is 292 g/mol. The number of aryl methyl sites for hydroxylation is 1. The van der Waals surface area contributed by atoms with Crippen LogP contribution in [0.15, 0.2) is 6.33 Å². The molecule has 1 saturated carbocycles. The predicted molar refractivity (Wildman–Crippen MR) is 79.0 cm³/mol. The fraction of sp³-hybridized carbons (Fsp3) is 0.733. The number of carbonyl (C=O) groups is 1. The zero-order valence-corrected chi connectivity index (χ0v) is 13.1. The van der Waals surface area contributed by atoms with Crippen LogP contribution in [0.25, 0.3) is 0 Å². The number of urea groups is 1. The first-order chi connectivity index (χ1) is 10.1. The molecule has 1 aliphatic heterocycles. The van der Waals surface area contributed by atoms with Crippen LogP contribution < -0.4 is 0 Å². The van der Waals surface area contributed by atoms with Gasteiger partial charge in [-0.25, -0.2) is 9.78 Å². The first-order valence-electron chi connectivity index (χ1n) is 7.60. The van der Waals surface area contributed by atoms with Crippen molar-refractivity contribution in [3.05, 3.63) is 17.7 Å². The highest BCUT2D eigenvalue weighted by Gasteiger charge is 2.32. The van der Waals surface area contributed by atoms with E-state index in [1.54, 1.807) is 19.0 Å². The summed E-state index contributed by atoms with van der Waals surface area (Å²) in [5.74, 6) is 0.975. The van der Waals surface area contributed by atoms with Crippen LogP contribution >= 0.6 is 0 Å². The number of aromatic nitrogens is 2. The number of nitrogens with zero attached hydrogens (tertiary/aromatic N) is 4. The number of fused-ring (bicyclic) bond motifs is 1. The van der Waals surface area contributed by atoms with Gasteiger partial charge >= 0.3 is 6.03 Å². The van der Waals surface area contributed by atoms with E-state index in [9.17, 15) is 4.79 Å². The summed E-state index contributed by atoms with van der Waals surface area (Å²) in [6.07, 6.45) is 4.43. The highest BCUT2D eigenvalue weighted by molar-refractivity contribution is 5.74. The van der Waals surface area contributed by atoms with Crippen molar-refractivity contribution < 1.29 is 9.53 Å². The minimum absolute atomic E-state index is 0.0403. The van der Waals surface area contributed by atoms with Gasteiger partial charge in [0.05, 0.1) is 25.2 Å². The summed E-state index contributed by atoms with van der Waals surface area (Å²) in [4.78, 5) is 20.2. The van der Waals surface area contributed by atoms with E-state index in [-0.39, 0.29) is 11.9 Å². The van der Waals surface area contributed by atoms with Crippen molar-refractivity contribution in [1.29, 1.82) is 0 Å². The molecule has 21 heavy (non-hydrogen) atoms. The molecule has 2 heterocycles. The Morgan fingerprint density at radius 1 is 1.43 bits per heavy atom. The quantitative estimate of drug-likeness (QED) is 0.843. The number of amides is 2. The fourth-order valence-corrected chi connectivity index (χ4v) is 2.95. The van der Waals surface area contributed by atoms with Gasteiger partial charge in [-0.1, -0.05) is 0 Å². The van der Waals surface area contributed by atoms with Crippen LogP contribution in [0.5, 0.6) is 0 Å². The molecule has 1 aromatic rings. The maximum atomic E-state index is 12.2. The third kappa shape index (κ3) is 3.05. The molecular weight excluding hydrogens is 268 g/mol. The summed E-state index contributed by atoms with van der Waals surface area (Å²) < 4.78 is 7.94. The van der Waals surface area contributed by atoms with E-state index in [2.05, 4.69) is 9.55 Å². The van der Waals surface area contributed by atoms with Crippen LogP contribution in [0.2, 0.25) is 0 Å². The molecular formula is C15H24N4O2. The summed E-state index contributed by atoms with van der Waals surface area (Å²) in [5, 5.41) is 0. The lowest BCUT2D eigenvalue weighted by Gasteiger charge is -2.34. The van der Waals surface area contributed by atoms with Gasteiger partial charge in [0.25, 0.3) is 0 Å². The van der Waals surface area contributed by atoms with E-state index >= 15 is 0 Å². The molecule has 1 fully saturated rings. The number of imidazole rings is 1. The average Bonchev–Trinajstić information content (AvgIpc) is 3.20. The Hall–Kier alpha value is -1.56. The van der Waals surface area contributed by atoms with Crippen molar-refractivity contribution in [3.63, 3.8) is 0 Å². The molecule has 0 N–H and O–H groups in total. The van der Waals surface area contributed by atoms with Gasteiger partial charge in [-0.3, -0.25) is 0 Å². The minimum atomic E-state index is 0.0403. The Labute approximate surface area is 125 Å². The number of rotatable bonds is 4. The van der Waals surface area contributed by atoms with Crippen LogP contribution in [-0.2, 0) is 18.3 Å². The van der Waals surface area contributed by atoms with Gasteiger partial charge in [-0.05, 0) is 18.8 Å². The Morgan fingerprint density at radius 3 is 2.86 bits per heavy atom. The van der Waals surface area contributed by atoms with Gasteiger partial charge in [0, 0.05) is 45.9 Å². The largest absolute Gasteiger partial charge is 0.380 e. The number of hydrogen-bond donors (Lipinski definition) is 0. The lowest BCUT2D eigenvalue weighted by molar-refractivity contribution is 0.0897. The van der Waals surface area contributed by atoms with E-state index < -0.39 is 0 Å². The maximum Gasteiger partial charge on any atom is 0.319 e. The molecule has 0 saturated heterocycles. The molecule has 6 nitrogen and oxygen atoms in total. The summed E-state index contributed by atoms with van der Waals surface area (Å²) in [6.45, 7) is 2.81. The van der Waals surface area contributed by atoms with Gasteiger partial charge in [0.1, 0.15) is 0 Å². The van der Waals surface area contributed by atoms with Crippen LogP contribution in [-0.4, -0.2) is 59.2 Å². The van der Waals surface area contributed by atoms with Crippen molar-refractivity contribution in [3.8, 4) is 0 Å². The predicted octanol–water partition coefficient (Wildman–Crippen LogP) is 1.43. The minimum Gasteiger partial charge on any atom is -0.380 e. The Bertz CT molecular complexity index is 522. The van der Waals surface area contributed by atoms with Crippen LogP contribution in [0.4, 0.5) is 4.79 Å². The van der Waals surface area contributed by atoms with Crippen molar-refractivity contribution in [2.45, 2.75) is 25.3 Å². The van der Waals surface area contributed by atoms with Crippen LogP contribution in [0.1, 0.15) is 30.1 Å². The Balaban J connectivity index is 1.72. The fourth-order valence-electron chi connectivity index (χ4n) is 2.95. The number of hydrogen-bond acceptors (Lipinski definition) is 3. The Kier molecular flexibility index (Phi) is 3.89. The molecule has 3 rings (SSSR count). The lowest BCUT2D eigenvalue weighted by Crippen LogP contribution is -2.44. The van der Waals surface area contributed by atoms with E-state index in [0.29, 0.717) is 19.7 Å². The summed E-state index contributed by atoms with van der Waals surface area (Å²) >= 11 is 0. The molecule has 2 aliphatic rings. The molecule has 116 valence electrons. The first-order valence-corrected chi connectivity index (χ1v) is 7.60. The molecule has 0 spiro atoms. The second-order valence-corrected chi connectivity index (χ2v) is 6.42. The normalized spacial score (nSPS) is 21.3. The Morgan fingerprint density at radius 2 is 2.19 bits per heavy atom. The van der Waals surface area contributed by atoms with Crippen LogP contribution in [0, 0.1) is 5.92 Å². The molecule has 0 aromatic carbocycles. The zero-order valence-electron chi connectivity index (χ0n) is 13.1. The average molecular weight is 292 g/mol. The summed E-state index contributed by atoms with van der Waals surface area (Å²) in [5.41, 5.74) is 2.22. The molecule has 1 aromatic heterocycles. The molecule has 1 aliphatic carbocycles. The lowest BCUT2D eigenvalue weighted by atomic mass is 9.99. The highest BCUT2D eigenvalue weighted by Crippen LogP contribution is 2.31. The van der Waals surface area contributed by atoms with Crippen molar-refractivity contribution in [1.82, 2.24) is 19.4 Å². The molecule has 6 heteroatoms. The second-order valence-electron chi connectivity index (χ2n) is 6.42. The third-order valence-electron chi connectivity index (χ3n) is 4.25. The van der Waals surface area contributed by atoms with E-state index in [0.717, 1.165) is 18.2 Å². The topological polar surface area (TPSA) is 50.6 Å². The molecule has 0 unspecified atom stereocenters. The second kappa shape index (κ2) is 5.67. The van der Waals surface area contributed by atoms with Crippen molar-refractivity contribution in [2.75, 3.05) is 33.9 Å². The van der Waals surface area contributed by atoms with Gasteiger partial charge in [0.2, 0.25) is 0 Å². The smallest absolute Gasteiger partial charge is 0.319 e. The van der Waals surface area contributed by atoms with Gasteiger partial charge < -0.3 is 19.1 Å². The third-order valence-corrected chi connectivity index (χ3v) is 4.25. The van der Waals surface area contributed by atoms with Crippen molar-refractivity contribution >= 4 is 6.03 Å². The standard InChI is InChI=1S/C15H24N4O2/c1-17(2)15(20)19-6-12(9-21-8-11-4-5-11)14-13(7-19)16-10-18(14)3/h10-12H,4-9H2,1-3H3/t12-/m0/s1. The van der Waals surface area contributed by atoms with Gasteiger partial charge in [-0.2, -0.15) is 0 Å². The zero-order chi connectivity index (χ0) is 15.0. The van der Waals surface area contributed by atoms with Crippen LogP contribution in [0.3, 0.4) is 0 Å². The van der Waals surface area contributed by atoms with E-state index in [1.807, 2.05) is 18.3 Å². The summed E-state index contributed by atoms with van der Waals surface area (Å²) in [7, 11) is 5.59. The first kappa shape index (κ1) is 14.4. The molecule has 0 bridgehead atoms. The molecule has 1 atom stereocenters. The van der Waals surface area contributed by atoms with Gasteiger partial charge in [-0.15, -0.1) is 0 Å². The number of ether oxygens (including phenoxy) is 1. The summed E-state index contributed by atoms with van der Waals surface area (Å²) in [6, 6.07) is 0.0403. The number of carbonyl (C=O) groups excluding carboxylic acids is 1. The van der Waals surface area contributed by atoms with E-state index in [4.69, 9.17) is 4.74 Å².